The summed E-state index contributed by atoms with van der Waals surface area (Å²) in [5.74, 6) is -0.966. The number of benzene rings is 1. The number of hydrogen-bond acceptors (Lipinski definition) is 6. The van der Waals surface area contributed by atoms with Gasteiger partial charge in [-0.3, -0.25) is 4.79 Å². The van der Waals surface area contributed by atoms with Crippen molar-refractivity contribution in [2.45, 2.75) is 52.4 Å². The smallest absolute Gasteiger partial charge is 0.383 e. The summed E-state index contributed by atoms with van der Waals surface area (Å²) in [6.45, 7) is 4.59. The van der Waals surface area contributed by atoms with Crippen LogP contribution in [0.25, 0.3) is 11.0 Å². The van der Waals surface area contributed by atoms with Crippen molar-refractivity contribution in [2.24, 2.45) is 5.92 Å². The fraction of sp³-hybridized carbons (Fsp3) is 0.524. The van der Waals surface area contributed by atoms with Gasteiger partial charge in [-0.1, -0.05) is 33.1 Å². The number of aromatic hydroxyl groups is 1. The van der Waals surface area contributed by atoms with Crippen molar-refractivity contribution in [1.29, 1.82) is 0 Å². The first kappa shape index (κ1) is 21.6. The molecule has 7 heteroatoms. The first-order chi connectivity index (χ1) is 13.5. The number of carbonyl (C=O) groups is 1. The number of aliphatic carboxylic acids is 1. The summed E-state index contributed by atoms with van der Waals surface area (Å²) in [6, 6.07) is 4.74. The molecule has 0 aliphatic carbocycles. The molecule has 2 rings (SSSR count). The van der Waals surface area contributed by atoms with Crippen LogP contribution in [-0.2, 0) is 4.79 Å². The lowest BCUT2D eigenvalue weighted by Gasteiger charge is -2.14. The molecule has 0 spiro atoms. The van der Waals surface area contributed by atoms with E-state index in [0.29, 0.717) is 24.2 Å². The van der Waals surface area contributed by atoms with E-state index in [1.165, 1.54) is 6.07 Å². The highest BCUT2D eigenvalue weighted by Gasteiger charge is 2.17. The van der Waals surface area contributed by atoms with E-state index in [1.807, 2.05) is 6.92 Å². The normalized spacial score (nSPS) is 12.1. The lowest BCUT2D eigenvalue weighted by molar-refractivity contribution is -0.138. The predicted octanol–water partition coefficient (Wildman–Crippen LogP) is 4.34. The Morgan fingerprint density at radius 2 is 1.96 bits per heavy atom. The van der Waals surface area contributed by atoms with Crippen LogP contribution in [0.1, 0.15) is 52.4 Å². The Morgan fingerprint density at radius 1 is 1.18 bits per heavy atom. The minimum Gasteiger partial charge on any atom is -0.504 e. The van der Waals surface area contributed by atoms with Crippen LogP contribution in [0.3, 0.4) is 0 Å². The molecule has 0 radical (unpaired) electrons. The number of hydrogen-bond donors (Lipinski definition) is 2. The summed E-state index contributed by atoms with van der Waals surface area (Å²) in [5, 5.41) is 19.6. The third kappa shape index (κ3) is 5.90. The van der Waals surface area contributed by atoms with E-state index in [-0.39, 0.29) is 36.0 Å². The molecule has 0 aliphatic rings. The molecule has 1 heterocycles. The molecule has 28 heavy (non-hydrogen) atoms. The molecule has 1 atom stereocenters. The van der Waals surface area contributed by atoms with E-state index in [4.69, 9.17) is 19.0 Å². The molecule has 2 aromatic rings. The molecule has 7 nitrogen and oxygen atoms in total. The molecule has 0 saturated carbocycles. The zero-order valence-corrected chi connectivity index (χ0v) is 16.4. The Morgan fingerprint density at radius 3 is 2.64 bits per heavy atom. The van der Waals surface area contributed by atoms with Crippen molar-refractivity contribution in [3.63, 3.8) is 0 Å². The zero-order chi connectivity index (χ0) is 20.5. The van der Waals surface area contributed by atoms with Gasteiger partial charge in [-0.15, -0.1) is 0 Å². The minimum absolute atomic E-state index is 0.0267. The second kappa shape index (κ2) is 10.6. The average molecular weight is 392 g/mol. The van der Waals surface area contributed by atoms with E-state index >= 15 is 0 Å². The molecule has 154 valence electrons. The van der Waals surface area contributed by atoms with E-state index in [2.05, 4.69) is 6.92 Å². The van der Waals surface area contributed by atoms with Gasteiger partial charge in [0, 0.05) is 12.0 Å². The van der Waals surface area contributed by atoms with E-state index < -0.39 is 11.6 Å². The van der Waals surface area contributed by atoms with Crippen LogP contribution in [0.2, 0.25) is 0 Å². The standard InChI is InChI=1S/C21H28O7/c1-3-5-6-7-10-26-20-19(24)16-9-8-15(12-17(16)28-21(20)25)27-13-14(4-2)11-18(22)23/h8-9,12,14,24H,3-7,10-11,13H2,1-2H3,(H,22,23). The van der Waals surface area contributed by atoms with Crippen molar-refractivity contribution >= 4 is 16.9 Å². The molecule has 0 aliphatic heterocycles. The van der Waals surface area contributed by atoms with Gasteiger partial charge >= 0.3 is 11.6 Å². The summed E-state index contributed by atoms with van der Waals surface area (Å²) in [6.07, 6.45) is 4.69. The van der Waals surface area contributed by atoms with Gasteiger partial charge in [-0.2, -0.15) is 0 Å². The van der Waals surface area contributed by atoms with Crippen molar-refractivity contribution in [2.75, 3.05) is 13.2 Å². The van der Waals surface area contributed by atoms with E-state index in [1.54, 1.807) is 12.1 Å². The van der Waals surface area contributed by atoms with Gasteiger partial charge in [0.15, 0.2) is 5.75 Å². The highest BCUT2D eigenvalue weighted by molar-refractivity contribution is 5.86. The lowest BCUT2D eigenvalue weighted by Crippen LogP contribution is -2.15. The fourth-order valence-corrected chi connectivity index (χ4v) is 2.85. The average Bonchev–Trinajstić information content (AvgIpc) is 2.66. The molecular formula is C21H28O7. The number of unbranched alkanes of at least 4 members (excludes halogenated alkanes) is 3. The van der Waals surface area contributed by atoms with Crippen LogP contribution in [0.15, 0.2) is 27.4 Å². The zero-order valence-electron chi connectivity index (χ0n) is 16.4. The number of carboxylic acid groups (broad SMARTS) is 1. The van der Waals surface area contributed by atoms with Crippen molar-refractivity contribution in [3.8, 4) is 17.2 Å². The lowest BCUT2D eigenvalue weighted by atomic mass is 10.0. The minimum atomic E-state index is -0.868. The van der Waals surface area contributed by atoms with Gasteiger partial charge in [-0.05, 0) is 25.0 Å². The third-order valence-corrected chi connectivity index (χ3v) is 4.58. The maximum absolute atomic E-state index is 12.2. The molecule has 1 aromatic carbocycles. The number of ether oxygens (including phenoxy) is 2. The van der Waals surface area contributed by atoms with Crippen LogP contribution in [0.4, 0.5) is 0 Å². The molecule has 1 aromatic heterocycles. The van der Waals surface area contributed by atoms with Crippen molar-refractivity contribution < 1.29 is 28.9 Å². The Bertz CT molecular complexity index is 840. The summed E-state index contributed by atoms with van der Waals surface area (Å²) < 4.78 is 16.4. The highest BCUT2D eigenvalue weighted by Crippen LogP contribution is 2.33. The molecule has 2 N–H and O–H groups in total. The molecule has 0 saturated heterocycles. The fourth-order valence-electron chi connectivity index (χ4n) is 2.85. The Kier molecular flexibility index (Phi) is 8.17. The first-order valence-corrected chi connectivity index (χ1v) is 9.73. The maximum Gasteiger partial charge on any atom is 0.383 e. The number of carboxylic acids is 1. The Labute approximate surface area is 163 Å². The van der Waals surface area contributed by atoms with Crippen LogP contribution in [0.5, 0.6) is 17.2 Å². The van der Waals surface area contributed by atoms with Gasteiger partial charge < -0.3 is 24.1 Å². The summed E-state index contributed by atoms with van der Waals surface area (Å²) >= 11 is 0. The van der Waals surface area contributed by atoms with Gasteiger partial charge in [0.1, 0.15) is 11.3 Å². The van der Waals surface area contributed by atoms with Crippen molar-refractivity contribution in [3.05, 3.63) is 28.6 Å². The van der Waals surface area contributed by atoms with Gasteiger partial charge in [0.2, 0.25) is 5.75 Å². The summed E-state index contributed by atoms with van der Waals surface area (Å²) in [7, 11) is 0. The van der Waals surface area contributed by atoms with Gasteiger partial charge in [0.05, 0.1) is 25.0 Å². The number of fused-ring (bicyclic) bond motifs is 1. The van der Waals surface area contributed by atoms with E-state index in [0.717, 1.165) is 25.7 Å². The Balaban J connectivity index is 2.11. The topological polar surface area (TPSA) is 106 Å². The summed E-state index contributed by atoms with van der Waals surface area (Å²) in [5.41, 5.74) is -0.556. The van der Waals surface area contributed by atoms with Crippen LogP contribution < -0.4 is 15.1 Å². The van der Waals surface area contributed by atoms with E-state index in [9.17, 15) is 14.7 Å². The SMILES string of the molecule is CCCCCCOc1c(O)c2ccc(OCC(CC)CC(=O)O)cc2oc1=O. The molecule has 0 bridgehead atoms. The van der Waals surface area contributed by atoms with Gasteiger partial charge in [-0.25, -0.2) is 4.79 Å². The van der Waals surface area contributed by atoms with Crippen LogP contribution in [-0.4, -0.2) is 29.4 Å². The molecular weight excluding hydrogens is 364 g/mol. The predicted molar refractivity (Wildman–Crippen MR) is 105 cm³/mol. The number of rotatable bonds is 12. The van der Waals surface area contributed by atoms with Gasteiger partial charge in [0.25, 0.3) is 0 Å². The third-order valence-electron chi connectivity index (χ3n) is 4.58. The molecule has 0 amide bonds. The Hall–Kier alpha value is -2.70. The second-order valence-corrected chi connectivity index (χ2v) is 6.82. The second-order valence-electron chi connectivity index (χ2n) is 6.82. The highest BCUT2D eigenvalue weighted by atomic mass is 16.5. The summed E-state index contributed by atoms with van der Waals surface area (Å²) in [4.78, 5) is 23.0. The van der Waals surface area contributed by atoms with Crippen molar-refractivity contribution in [1.82, 2.24) is 0 Å². The maximum atomic E-state index is 12.2. The first-order valence-electron chi connectivity index (χ1n) is 9.73. The van der Waals surface area contributed by atoms with Crippen LogP contribution in [0, 0.1) is 5.92 Å². The quantitative estimate of drug-likeness (QED) is 0.409. The molecule has 0 fully saturated rings. The molecule has 1 unspecified atom stereocenters. The monoisotopic (exact) mass is 392 g/mol. The largest absolute Gasteiger partial charge is 0.504 e. The van der Waals surface area contributed by atoms with Crippen LogP contribution >= 0.6 is 0 Å².